The summed E-state index contributed by atoms with van der Waals surface area (Å²) in [5.41, 5.74) is 2.05. The molecule has 0 saturated carbocycles. The Morgan fingerprint density at radius 2 is 1.83 bits per heavy atom. The predicted octanol–water partition coefficient (Wildman–Crippen LogP) is 7.16. The monoisotopic (exact) mass is 519 g/mol. The number of hydrogen-bond acceptors (Lipinski definition) is 6. The molecule has 0 saturated heterocycles. The van der Waals surface area contributed by atoms with Crippen molar-refractivity contribution in [1.29, 1.82) is 0 Å². The highest BCUT2D eigenvalue weighted by molar-refractivity contribution is 7.13. The van der Waals surface area contributed by atoms with Crippen molar-refractivity contribution in [1.82, 2.24) is 4.98 Å². The topological polar surface area (TPSA) is 68.7 Å². The van der Waals surface area contributed by atoms with E-state index in [0.29, 0.717) is 34.2 Å². The van der Waals surface area contributed by atoms with Crippen molar-refractivity contribution in [2.24, 2.45) is 0 Å². The molecule has 4 aromatic rings. The second-order valence-corrected chi connectivity index (χ2v) is 9.35. The molecule has 2 heterocycles. The van der Waals surface area contributed by atoms with Gasteiger partial charge in [-0.05, 0) is 47.7 Å². The molecule has 0 bridgehead atoms. The molecule has 10 heteroatoms. The molecule has 0 amide bonds. The van der Waals surface area contributed by atoms with Gasteiger partial charge < -0.3 is 14.6 Å². The Kier molecular flexibility index (Phi) is 7.42. The van der Waals surface area contributed by atoms with Gasteiger partial charge in [0, 0.05) is 21.4 Å². The molecular weight excluding hydrogens is 499 g/mol. The number of halogens is 3. The van der Waals surface area contributed by atoms with Crippen LogP contribution in [0.4, 0.5) is 13.2 Å². The van der Waals surface area contributed by atoms with Gasteiger partial charge in [-0.25, -0.2) is 9.78 Å². The number of hydrogen-bond donors (Lipinski definition) is 1. The smallest absolute Gasteiger partial charge is 0.416 e. The zero-order chi connectivity index (χ0) is 25.0. The first-order valence-corrected chi connectivity index (χ1v) is 12.3. The van der Waals surface area contributed by atoms with Crippen molar-refractivity contribution >= 4 is 28.6 Å². The molecular formula is C25H20F3NO4S2. The summed E-state index contributed by atoms with van der Waals surface area (Å²) < 4.78 is 50.1. The number of carbonyl (C=O) groups is 1. The van der Waals surface area contributed by atoms with Crippen LogP contribution in [0.5, 0.6) is 11.5 Å². The van der Waals surface area contributed by atoms with Gasteiger partial charge in [-0.1, -0.05) is 25.1 Å². The van der Waals surface area contributed by atoms with Crippen LogP contribution < -0.4 is 9.47 Å². The number of carboxylic acid groups (broad SMARTS) is 1. The van der Waals surface area contributed by atoms with Crippen molar-refractivity contribution in [2.45, 2.75) is 26.1 Å². The van der Waals surface area contributed by atoms with E-state index in [1.165, 1.54) is 34.8 Å². The van der Waals surface area contributed by atoms with Crippen LogP contribution in [0.1, 0.15) is 23.1 Å². The normalized spacial score (nSPS) is 11.4. The second-order valence-electron chi connectivity index (χ2n) is 7.46. The maximum absolute atomic E-state index is 12.8. The maximum Gasteiger partial charge on any atom is 0.416 e. The number of ether oxygens (including phenoxy) is 2. The quantitative estimate of drug-likeness (QED) is 0.254. The van der Waals surface area contributed by atoms with Gasteiger partial charge in [0.05, 0.1) is 11.3 Å². The number of aliphatic carboxylic acids is 1. The summed E-state index contributed by atoms with van der Waals surface area (Å²) in [7, 11) is 0. The summed E-state index contributed by atoms with van der Waals surface area (Å²) in [6.45, 7) is 1.67. The average molecular weight is 520 g/mol. The molecule has 0 spiro atoms. The third kappa shape index (κ3) is 6.01. The molecule has 35 heavy (non-hydrogen) atoms. The van der Waals surface area contributed by atoms with E-state index in [2.05, 4.69) is 4.98 Å². The standard InChI is InChI=1S/C25H20F3NO4S2/c1-2-15-10-21(18(22-4-3-9-34-22)11-20(15)33-13-24(30)31)32-12-23-29-19(14-35-23)16-5-7-17(8-6-16)25(26,27)28/h3-11,14H,2,12-13H2,1H3,(H,30,31). The van der Waals surface area contributed by atoms with E-state index >= 15 is 0 Å². The van der Waals surface area contributed by atoms with Gasteiger partial charge in [-0.3, -0.25) is 0 Å². The highest BCUT2D eigenvalue weighted by Gasteiger charge is 2.30. The number of benzene rings is 2. The van der Waals surface area contributed by atoms with E-state index < -0.39 is 24.3 Å². The van der Waals surface area contributed by atoms with Crippen molar-refractivity contribution in [3.63, 3.8) is 0 Å². The molecule has 0 aliphatic heterocycles. The maximum atomic E-state index is 12.8. The van der Waals surface area contributed by atoms with Crippen LogP contribution in [-0.2, 0) is 24.0 Å². The summed E-state index contributed by atoms with van der Waals surface area (Å²) in [6.07, 6.45) is -3.77. The van der Waals surface area contributed by atoms with Gasteiger partial charge in [0.25, 0.3) is 0 Å². The predicted molar refractivity (Wildman–Crippen MR) is 129 cm³/mol. The number of aromatic nitrogens is 1. The van der Waals surface area contributed by atoms with Gasteiger partial charge in [-0.15, -0.1) is 22.7 Å². The van der Waals surface area contributed by atoms with Crippen molar-refractivity contribution < 1.29 is 32.5 Å². The Morgan fingerprint density at radius 1 is 1.06 bits per heavy atom. The Balaban J connectivity index is 1.55. The molecule has 2 aromatic carbocycles. The first kappa shape index (κ1) is 24.7. The minimum absolute atomic E-state index is 0.169. The zero-order valence-corrected chi connectivity index (χ0v) is 20.1. The van der Waals surface area contributed by atoms with Gasteiger partial charge in [0.15, 0.2) is 6.61 Å². The van der Waals surface area contributed by atoms with Crippen LogP contribution in [0.3, 0.4) is 0 Å². The Labute approximate surface area is 207 Å². The molecule has 0 fully saturated rings. The van der Waals surface area contributed by atoms with E-state index in [1.54, 1.807) is 11.4 Å². The summed E-state index contributed by atoms with van der Waals surface area (Å²) in [5.74, 6) is 0.0421. The largest absolute Gasteiger partial charge is 0.486 e. The Hall–Kier alpha value is -3.37. The molecule has 0 atom stereocenters. The van der Waals surface area contributed by atoms with E-state index in [1.807, 2.05) is 30.5 Å². The number of carboxylic acids is 1. The summed E-state index contributed by atoms with van der Waals surface area (Å²) in [5, 5.41) is 13.4. The van der Waals surface area contributed by atoms with Crippen molar-refractivity contribution in [3.8, 4) is 33.2 Å². The minimum Gasteiger partial charge on any atom is -0.486 e. The first-order chi connectivity index (χ1) is 16.7. The third-order valence-corrected chi connectivity index (χ3v) is 6.82. The first-order valence-electron chi connectivity index (χ1n) is 10.5. The molecule has 4 rings (SSSR count). The van der Waals surface area contributed by atoms with Gasteiger partial charge in [0.2, 0.25) is 0 Å². The van der Waals surface area contributed by atoms with Crippen molar-refractivity contribution in [2.75, 3.05) is 6.61 Å². The number of thiazole rings is 1. The SMILES string of the molecule is CCc1cc(OCc2nc(-c3ccc(C(F)(F)F)cc3)cs2)c(-c2cccs2)cc1OCC(=O)O. The lowest BCUT2D eigenvalue weighted by atomic mass is 10.1. The molecule has 0 radical (unpaired) electrons. The highest BCUT2D eigenvalue weighted by Crippen LogP contribution is 2.39. The Bertz CT molecular complexity index is 1300. The van der Waals surface area contributed by atoms with Gasteiger partial charge in [0.1, 0.15) is 23.1 Å². The fraction of sp³-hybridized carbons (Fsp3) is 0.200. The molecule has 182 valence electrons. The molecule has 1 N–H and O–H groups in total. The lowest BCUT2D eigenvalue weighted by Gasteiger charge is -2.15. The molecule has 0 aliphatic carbocycles. The van der Waals surface area contributed by atoms with Crippen LogP contribution in [0, 0.1) is 0 Å². The number of aryl methyl sites for hydroxylation is 1. The van der Waals surface area contributed by atoms with E-state index in [4.69, 9.17) is 14.6 Å². The third-order valence-electron chi connectivity index (χ3n) is 5.09. The fourth-order valence-corrected chi connectivity index (χ4v) is 4.84. The Morgan fingerprint density at radius 3 is 2.46 bits per heavy atom. The number of nitrogens with zero attached hydrogens (tertiary/aromatic N) is 1. The van der Waals surface area contributed by atoms with Gasteiger partial charge >= 0.3 is 12.1 Å². The average Bonchev–Trinajstić information content (AvgIpc) is 3.53. The summed E-state index contributed by atoms with van der Waals surface area (Å²) in [6, 6.07) is 12.4. The highest BCUT2D eigenvalue weighted by atomic mass is 32.1. The molecule has 5 nitrogen and oxygen atoms in total. The lowest BCUT2D eigenvalue weighted by molar-refractivity contribution is -0.139. The van der Waals surface area contributed by atoms with Crippen LogP contribution in [0.2, 0.25) is 0 Å². The second kappa shape index (κ2) is 10.5. The number of rotatable bonds is 9. The van der Waals surface area contributed by atoms with Gasteiger partial charge in [-0.2, -0.15) is 13.2 Å². The lowest BCUT2D eigenvalue weighted by Crippen LogP contribution is -2.11. The van der Waals surface area contributed by atoms with E-state index in [0.717, 1.165) is 28.1 Å². The minimum atomic E-state index is -4.38. The number of thiophene rings is 1. The van der Waals surface area contributed by atoms with Crippen LogP contribution >= 0.6 is 22.7 Å². The van der Waals surface area contributed by atoms with Crippen molar-refractivity contribution in [3.05, 3.63) is 75.4 Å². The van der Waals surface area contributed by atoms with Crippen LogP contribution in [0.25, 0.3) is 21.7 Å². The van der Waals surface area contributed by atoms with Crippen LogP contribution in [0.15, 0.2) is 59.3 Å². The van der Waals surface area contributed by atoms with E-state index in [9.17, 15) is 18.0 Å². The van der Waals surface area contributed by atoms with Crippen LogP contribution in [-0.4, -0.2) is 22.7 Å². The summed E-state index contributed by atoms with van der Waals surface area (Å²) >= 11 is 2.87. The fourth-order valence-electron chi connectivity index (χ4n) is 3.38. The zero-order valence-electron chi connectivity index (χ0n) is 18.5. The molecule has 0 unspecified atom stereocenters. The summed E-state index contributed by atoms with van der Waals surface area (Å²) in [4.78, 5) is 16.4. The van der Waals surface area contributed by atoms with E-state index in [-0.39, 0.29) is 6.61 Å². The molecule has 0 aliphatic rings. The molecule has 2 aromatic heterocycles. The number of alkyl halides is 3.